The second kappa shape index (κ2) is 10.5. The summed E-state index contributed by atoms with van der Waals surface area (Å²) in [4.78, 5) is 13.3. The second-order valence-corrected chi connectivity index (χ2v) is 8.84. The SMILES string of the molecule is CCSC(SCC)=C(C(=O)/C=C/c1cccc2c1OCO2)c1ccc(OC)cc1. The molecule has 2 aromatic carbocycles. The van der Waals surface area contributed by atoms with Crippen LogP contribution in [-0.4, -0.2) is 31.2 Å². The molecule has 0 amide bonds. The third-order valence-corrected chi connectivity index (χ3v) is 6.44. The smallest absolute Gasteiger partial charge is 0.231 e. The van der Waals surface area contributed by atoms with Gasteiger partial charge in [-0.2, -0.15) is 0 Å². The molecule has 152 valence electrons. The van der Waals surface area contributed by atoms with Crippen molar-refractivity contribution in [2.24, 2.45) is 0 Å². The summed E-state index contributed by atoms with van der Waals surface area (Å²) >= 11 is 3.39. The Labute approximate surface area is 180 Å². The summed E-state index contributed by atoms with van der Waals surface area (Å²) in [6, 6.07) is 13.3. The quantitative estimate of drug-likeness (QED) is 0.465. The van der Waals surface area contributed by atoms with E-state index in [4.69, 9.17) is 14.2 Å². The first-order valence-corrected chi connectivity index (χ1v) is 11.4. The summed E-state index contributed by atoms with van der Waals surface area (Å²) < 4.78 is 17.3. The molecule has 2 aromatic rings. The van der Waals surface area contributed by atoms with Crippen molar-refractivity contribution in [1.29, 1.82) is 0 Å². The van der Waals surface area contributed by atoms with E-state index in [1.165, 1.54) is 0 Å². The number of ketones is 1. The maximum atomic E-state index is 13.3. The zero-order valence-electron chi connectivity index (χ0n) is 16.8. The summed E-state index contributed by atoms with van der Waals surface area (Å²) in [6.45, 7) is 4.39. The van der Waals surface area contributed by atoms with E-state index in [2.05, 4.69) is 13.8 Å². The Morgan fingerprint density at radius 3 is 2.45 bits per heavy atom. The van der Waals surface area contributed by atoms with Crippen LogP contribution in [0.1, 0.15) is 25.0 Å². The van der Waals surface area contributed by atoms with Crippen LogP contribution >= 0.6 is 23.5 Å². The molecule has 29 heavy (non-hydrogen) atoms. The molecule has 0 aliphatic carbocycles. The molecule has 0 bridgehead atoms. The maximum absolute atomic E-state index is 13.3. The van der Waals surface area contributed by atoms with Gasteiger partial charge >= 0.3 is 0 Å². The summed E-state index contributed by atoms with van der Waals surface area (Å²) in [5.74, 6) is 3.91. The number of methoxy groups -OCH3 is 1. The molecular weight excluding hydrogens is 404 g/mol. The topological polar surface area (TPSA) is 44.8 Å². The molecule has 3 rings (SSSR count). The van der Waals surface area contributed by atoms with Crippen LogP contribution in [0.2, 0.25) is 0 Å². The highest BCUT2D eigenvalue weighted by molar-refractivity contribution is 8.22. The van der Waals surface area contributed by atoms with Crippen molar-refractivity contribution in [3.05, 3.63) is 63.9 Å². The highest BCUT2D eigenvalue weighted by Gasteiger charge is 2.18. The number of hydrogen-bond acceptors (Lipinski definition) is 6. The first-order valence-electron chi connectivity index (χ1n) is 9.43. The Hall–Kier alpha value is -2.31. The molecule has 4 nitrogen and oxygen atoms in total. The largest absolute Gasteiger partial charge is 0.497 e. The predicted molar refractivity (Wildman–Crippen MR) is 123 cm³/mol. The van der Waals surface area contributed by atoms with Crippen LogP contribution in [0.15, 0.2) is 52.8 Å². The fourth-order valence-electron chi connectivity index (χ4n) is 2.90. The Morgan fingerprint density at radius 1 is 1.07 bits per heavy atom. The van der Waals surface area contributed by atoms with E-state index in [1.807, 2.05) is 42.5 Å². The van der Waals surface area contributed by atoms with Gasteiger partial charge in [-0.1, -0.05) is 38.1 Å². The minimum Gasteiger partial charge on any atom is -0.497 e. The molecule has 6 heteroatoms. The third kappa shape index (κ3) is 5.19. The first-order chi connectivity index (χ1) is 14.2. The normalized spacial score (nSPS) is 12.2. The van der Waals surface area contributed by atoms with Gasteiger partial charge in [0, 0.05) is 11.1 Å². The van der Waals surface area contributed by atoms with Crippen molar-refractivity contribution in [3.8, 4) is 17.2 Å². The van der Waals surface area contributed by atoms with Gasteiger partial charge in [0.15, 0.2) is 17.3 Å². The average Bonchev–Trinajstić information content (AvgIpc) is 3.23. The number of rotatable bonds is 9. The summed E-state index contributed by atoms with van der Waals surface area (Å²) in [5, 5.41) is 0. The van der Waals surface area contributed by atoms with Crippen LogP contribution in [0.5, 0.6) is 17.2 Å². The van der Waals surface area contributed by atoms with Gasteiger partial charge in [-0.05, 0) is 47.4 Å². The maximum Gasteiger partial charge on any atom is 0.231 e. The molecule has 0 radical (unpaired) electrons. The Morgan fingerprint density at radius 2 is 1.79 bits per heavy atom. The minimum absolute atomic E-state index is 0.0383. The summed E-state index contributed by atoms with van der Waals surface area (Å²) in [7, 11) is 1.63. The van der Waals surface area contributed by atoms with Crippen molar-refractivity contribution >= 4 is 41.0 Å². The number of fused-ring (bicyclic) bond motifs is 1. The molecule has 1 aliphatic rings. The van der Waals surface area contributed by atoms with Crippen LogP contribution in [0.25, 0.3) is 11.6 Å². The number of allylic oxidation sites excluding steroid dienone is 2. The molecule has 0 unspecified atom stereocenters. The average molecular weight is 429 g/mol. The van der Waals surface area contributed by atoms with E-state index in [-0.39, 0.29) is 12.6 Å². The van der Waals surface area contributed by atoms with E-state index in [9.17, 15) is 4.79 Å². The molecule has 0 aromatic heterocycles. The van der Waals surface area contributed by atoms with Crippen LogP contribution in [0.4, 0.5) is 0 Å². The minimum atomic E-state index is -0.0383. The third-order valence-electron chi connectivity index (χ3n) is 4.22. The van der Waals surface area contributed by atoms with E-state index < -0.39 is 0 Å². The Bertz CT molecular complexity index is 909. The number of para-hydroxylation sites is 1. The Balaban J connectivity index is 1.97. The van der Waals surface area contributed by atoms with E-state index in [0.717, 1.165) is 32.6 Å². The molecule has 0 fully saturated rings. The number of carbonyl (C=O) groups is 1. The van der Waals surface area contributed by atoms with Gasteiger partial charge in [-0.3, -0.25) is 4.79 Å². The van der Waals surface area contributed by atoms with Gasteiger partial charge in [-0.15, -0.1) is 23.5 Å². The lowest BCUT2D eigenvalue weighted by atomic mass is 10.0. The number of benzene rings is 2. The molecule has 0 spiro atoms. The lowest BCUT2D eigenvalue weighted by molar-refractivity contribution is -0.109. The molecule has 0 atom stereocenters. The van der Waals surface area contributed by atoms with Crippen molar-refractivity contribution in [2.45, 2.75) is 13.8 Å². The second-order valence-electron chi connectivity index (χ2n) is 6.04. The standard InChI is InChI=1S/C23H24O4S2/c1-4-28-23(29-5-2)21(16-9-12-18(25-3)13-10-16)19(24)14-11-17-7-6-8-20-22(17)27-15-26-20/h6-14H,4-5,15H2,1-3H3/b14-11+. The van der Waals surface area contributed by atoms with Gasteiger partial charge in [-0.25, -0.2) is 0 Å². The number of ether oxygens (including phenoxy) is 3. The Kier molecular flexibility index (Phi) is 7.72. The van der Waals surface area contributed by atoms with Crippen LogP contribution in [-0.2, 0) is 4.79 Å². The molecule has 0 saturated heterocycles. The van der Waals surface area contributed by atoms with E-state index >= 15 is 0 Å². The van der Waals surface area contributed by atoms with E-state index in [0.29, 0.717) is 17.1 Å². The van der Waals surface area contributed by atoms with Crippen molar-refractivity contribution in [2.75, 3.05) is 25.4 Å². The fraction of sp³-hybridized carbons (Fsp3) is 0.261. The highest BCUT2D eigenvalue weighted by Crippen LogP contribution is 2.38. The van der Waals surface area contributed by atoms with Crippen LogP contribution < -0.4 is 14.2 Å². The fourth-order valence-corrected chi connectivity index (χ4v) is 5.19. The molecule has 0 saturated carbocycles. The van der Waals surface area contributed by atoms with Crippen molar-refractivity contribution in [1.82, 2.24) is 0 Å². The van der Waals surface area contributed by atoms with Gasteiger partial charge in [0.2, 0.25) is 6.79 Å². The number of thioether (sulfide) groups is 2. The van der Waals surface area contributed by atoms with Gasteiger partial charge in [0.25, 0.3) is 0 Å². The van der Waals surface area contributed by atoms with Crippen molar-refractivity contribution in [3.63, 3.8) is 0 Å². The van der Waals surface area contributed by atoms with Crippen LogP contribution in [0.3, 0.4) is 0 Å². The first kappa shape index (κ1) is 21.4. The van der Waals surface area contributed by atoms with Crippen LogP contribution in [0, 0.1) is 0 Å². The molecular formula is C23H24O4S2. The zero-order chi connectivity index (χ0) is 20.6. The predicted octanol–water partition coefficient (Wildman–Crippen LogP) is 5.88. The number of hydrogen-bond donors (Lipinski definition) is 0. The zero-order valence-corrected chi connectivity index (χ0v) is 18.4. The van der Waals surface area contributed by atoms with Gasteiger partial charge in [0.1, 0.15) is 5.75 Å². The lowest BCUT2D eigenvalue weighted by Gasteiger charge is -2.13. The summed E-state index contributed by atoms with van der Waals surface area (Å²) in [6.07, 6.45) is 3.41. The lowest BCUT2D eigenvalue weighted by Crippen LogP contribution is -2.01. The summed E-state index contributed by atoms with van der Waals surface area (Å²) in [5.41, 5.74) is 2.43. The molecule has 0 N–H and O–H groups in total. The van der Waals surface area contributed by atoms with Gasteiger partial charge in [0.05, 0.1) is 11.3 Å². The monoisotopic (exact) mass is 428 g/mol. The van der Waals surface area contributed by atoms with E-state index in [1.54, 1.807) is 42.8 Å². The molecule has 1 heterocycles. The molecule has 1 aliphatic heterocycles. The van der Waals surface area contributed by atoms with Crippen molar-refractivity contribution < 1.29 is 19.0 Å². The number of carbonyl (C=O) groups excluding carboxylic acids is 1. The highest BCUT2D eigenvalue weighted by atomic mass is 32.2. The van der Waals surface area contributed by atoms with Gasteiger partial charge < -0.3 is 14.2 Å².